The van der Waals surface area contributed by atoms with Crippen molar-refractivity contribution in [1.29, 1.82) is 0 Å². The second-order valence-electron chi connectivity index (χ2n) is 7.22. The number of hydrogen-bond donors (Lipinski definition) is 0. The second-order valence-corrected chi connectivity index (χ2v) is 8.06. The zero-order valence-corrected chi connectivity index (χ0v) is 18.8. The summed E-state index contributed by atoms with van der Waals surface area (Å²) in [5.74, 6) is -0.851. The van der Waals surface area contributed by atoms with Crippen LogP contribution in [0.3, 0.4) is 0 Å². The molecular formula is C22H23Cl2N3O4. The van der Waals surface area contributed by atoms with Crippen LogP contribution in [-0.2, 0) is 14.3 Å². The van der Waals surface area contributed by atoms with Gasteiger partial charge < -0.3 is 14.5 Å². The lowest BCUT2D eigenvalue weighted by Crippen LogP contribution is -2.44. The Kier molecular flexibility index (Phi) is 7.54. The van der Waals surface area contributed by atoms with Gasteiger partial charge in [-0.25, -0.2) is 0 Å². The molecule has 0 aliphatic carbocycles. The van der Waals surface area contributed by atoms with Gasteiger partial charge in [0.25, 0.3) is 5.91 Å². The predicted molar refractivity (Wildman–Crippen MR) is 119 cm³/mol. The number of carbonyl (C=O) groups excluding carboxylic acids is 3. The number of hydrogen-bond acceptors (Lipinski definition) is 4. The van der Waals surface area contributed by atoms with Gasteiger partial charge in [-0.2, -0.15) is 0 Å². The highest BCUT2D eigenvalue weighted by Gasteiger charge is 2.33. The van der Waals surface area contributed by atoms with Crippen LogP contribution in [0.1, 0.15) is 15.9 Å². The first-order chi connectivity index (χ1) is 14.8. The molecule has 0 spiro atoms. The van der Waals surface area contributed by atoms with E-state index in [0.717, 1.165) is 5.56 Å². The Labute approximate surface area is 191 Å². The molecule has 3 amide bonds. The number of ether oxygens (including phenoxy) is 1. The lowest BCUT2D eigenvalue weighted by molar-refractivity contribution is -0.132. The van der Waals surface area contributed by atoms with Gasteiger partial charge in [0.2, 0.25) is 11.8 Å². The Bertz CT molecular complexity index is 998. The summed E-state index contributed by atoms with van der Waals surface area (Å²) in [7, 11) is 1.52. The van der Waals surface area contributed by atoms with E-state index >= 15 is 0 Å². The van der Waals surface area contributed by atoms with Gasteiger partial charge in [0.1, 0.15) is 19.8 Å². The topological polar surface area (TPSA) is 70.2 Å². The average Bonchev–Trinajstić information content (AvgIpc) is 3.14. The van der Waals surface area contributed by atoms with Crippen LogP contribution in [0.5, 0.6) is 0 Å². The molecule has 1 heterocycles. The third kappa shape index (κ3) is 5.55. The molecule has 9 heteroatoms. The van der Waals surface area contributed by atoms with Crippen LogP contribution in [-0.4, -0.2) is 67.5 Å². The number of benzene rings is 2. The fourth-order valence-electron chi connectivity index (χ4n) is 3.26. The van der Waals surface area contributed by atoms with Crippen LogP contribution in [0.25, 0.3) is 0 Å². The van der Waals surface area contributed by atoms with Crippen molar-refractivity contribution in [1.82, 2.24) is 9.80 Å². The van der Waals surface area contributed by atoms with Crippen molar-refractivity contribution in [2.24, 2.45) is 0 Å². The highest BCUT2D eigenvalue weighted by atomic mass is 35.5. The fourth-order valence-corrected chi connectivity index (χ4v) is 3.57. The number of amides is 3. The maximum absolute atomic E-state index is 12.9. The van der Waals surface area contributed by atoms with Crippen LogP contribution in [0, 0.1) is 6.92 Å². The number of carbonyl (C=O) groups is 3. The van der Waals surface area contributed by atoms with Crippen molar-refractivity contribution >= 4 is 46.6 Å². The molecule has 0 radical (unpaired) electrons. The van der Waals surface area contributed by atoms with Gasteiger partial charge >= 0.3 is 0 Å². The summed E-state index contributed by atoms with van der Waals surface area (Å²) in [4.78, 5) is 42.7. The zero-order valence-electron chi connectivity index (χ0n) is 17.3. The Hall–Kier alpha value is -2.61. The van der Waals surface area contributed by atoms with Crippen LogP contribution < -0.4 is 4.90 Å². The van der Waals surface area contributed by atoms with Gasteiger partial charge in [0.15, 0.2) is 0 Å². The first-order valence-corrected chi connectivity index (χ1v) is 10.4. The van der Waals surface area contributed by atoms with Crippen LogP contribution in [0.4, 0.5) is 5.69 Å². The summed E-state index contributed by atoms with van der Waals surface area (Å²) in [6.45, 7) is 2.25. The molecule has 0 bridgehead atoms. The number of methoxy groups -OCH3 is 1. The van der Waals surface area contributed by atoms with E-state index in [1.54, 1.807) is 36.4 Å². The maximum Gasteiger partial charge on any atom is 0.254 e. The highest BCUT2D eigenvalue weighted by molar-refractivity contribution is 6.31. The Balaban J connectivity index is 1.72. The molecule has 164 valence electrons. The van der Waals surface area contributed by atoms with Gasteiger partial charge in [-0.3, -0.25) is 19.3 Å². The molecule has 0 saturated carbocycles. The number of rotatable bonds is 7. The molecule has 31 heavy (non-hydrogen) atoms. The molecule has 1 aliphatic heterocycles. The van der Waals surface area contributed by atoms with Crippen molar-refractivity contribution in [3.05, 3.63) is 63.6 Å². The Morgan fingerprint density at radius 2 is 1.94 bits per heavy atom. The van der Waals surface area contributed by atoms with Gasteiger partial charge in [-0.15, -0.1) is 0 Å². The minimum absolute atomic E-state index is 0.0516. The van der Waals surface area contributed by atoms with Crippen LogP contribution in [0.15, 0.2) is 42.5 Å². The van der Waals surface area contributed by atoms with Crippen molar-refractivity contribution in [3.8, 4) is 0 Å². The standard InChI is InChI=1S/C22H23Cl2N3O4/c1-15-10-18(6-7-19(15)24)27-14-26(13-21(27)29)20(28)12-25(8-9-31-2)22(30)16-4-3-5-17(23)11-16/h3-7,10-11H,8-9,12-14H2,1-2H3. The lowest BCUT2D eigenvalue weighted by atomic mass is 10.2. The number of anilines is 1. The molecular weight excluding hydrogens is 441 g/mol. The Morgan fingerprint density at radius 1 is 1.16 bits per heavy atom. The van der Waals surface area contributed by atoms with Crippen LogP contribution >= 0.6 is 23.2 Å². The third-order valence-corrected chi connectivity index (χ3v) is 5.65. The SMILES string of the molecule is COCCN(CC(=O)N1CC(=O)N(c2ccc(Cl)c(C)c2)C1)C(=O)c1cccc(Cl)c1. The molecule has 1 fully saturated rings. The van der Waals surface area contributed by atoms with Gasteiger partial charge in [0, 0.05) is 35.0 Å². The highest BCUT2D eigenvalue weighted by Crippen LogP contribution is 2.25. The molecule has 7 nitrogen and oxygen atoms in total. The van der Waals surface area contributed by atoms with Crippen molar-refractivity contribution < 1.29 is 19.1 Å². The average molecular weight is 464 g/mol. The van der Waals surface area contributed by atoms with E-state index in [1.165, 1.54) is 21.8 Å². The van der Waals surface area contributed by atoms with Gasteiger partial charge in [-0.05, 0) is 48.9 Å². The van der Waals surface area contributed by atoms with Crippen LogP contribution in [0.2, 0.25) is 10.0 Å². The first kappa shape index (κ1) is 23.1. The summed E-state index contributed by atoms with van der Waals surface area (Å²) >= 11 is 12.1. The minimum Gasteiger partial charge on any atom is -0.383 e. The number of nitrogens with zero attached hydrogens (tertiary/aromatic N) is 3. The predicted octanol–water partition coefficient (Wildman–Crippen LogP) is 3.22. The van der Waals surface area contributed by atoms with Crippen molar-refractivity contribution in [3.63, 3.8) is 0 Å². The van der Waals surface area contributed by atoms with E-state index in [1.807, 2.05) is 13.0 Å². The molecule has 1 saturated heterocycles. The lowest BCUT2D eigenvalue weighted by Gasteiger charge is -2.25. The number of halogens is 2. The van der Waals surface area contributed by atoms with E-state index in [4.69, 9.17) is 27.9 Å². The molecule has 0 N–H and O–H groups in total. The van der Waals surface area contributed by atoms with Crippen molar-refractivity contribution in [2.45, 2.75) is 6.92 Å². The summed E-state index contributed by atoms with van der Waals surface area (Å²) in [6, 6.07) is 11.8. The van der Waals surface area contributed by atoms with E-state index in [9.17, 15) is 14.4 Å². The van der Waals surface area contributed by atoms with E-state index in [0.29, 0.717) is 21.3 Å². The van der Waals surface area contributed by atoms with E-state index in [-0.39, 0.29) is 50.6 Å². The van der Waals surface area contributed by atoms with E-state index in [2.05, 4.69) is 0 Å². The molecule has 1 aliphatic rings. The number of aryl methyl sites for hydroxylation is 1. The quantitative estimate of drug-likeness (QED) is 0.631. The molecule has 3 rings (SSSR count). The molecule has 2 aromatic rings. The second kappa shape index (κ2) is 10.1. The molecule has 0 atom stereocenters. The summed E-state index contributed by atoms with van der Waals surface area (Å²) in [5.41, 5.74) is 1.90. The third-order valence-electron chi connectivity index (χ3n) is 5.00. The molecule has 0 unspecified atom stereocenters. The Morgan fingerprint density at radius 3 is 2.61 bits per heavy atom. The minimum atomic E-state index is -0.330. The monoisotopic (exact) mass is 463 g/mol. The summed E-state index contributed by atoms with van der Waals surface area (Å²) in [6.07, 6.45) is 0. The molecule has 2 aromatic carbocycles. The summed E-state index contributed by atoms with van der Waals surface area (Å²) < 4.78 is 5.08. The first-order valence-electron chi connectivity index (χ1n) is 9.68. The van der Waals surface area contributed by atoms with Gasteiger partial charge in [0.05, 0.1) is 6.61 Å². The largest absolute Gasteiger partial charge is 0.383 e. The normalized spacial score (nSPS) is 13.6. The zero-order chi connectivity index (χ0) is 22.5. The summed E-state index contributed by atoms with van der Waals surface area (Å²) in [5, 5.41) is 1.04. The maximum atomic E-state index is 12.9. The van der Waals surface area contributed by atoms with E-state index < -0.39 is 0 Å². The fraction of sp³-hybridized carbons (Fsp3) is 0.318. The molecule has 0 aromatic heterocycles. The smallest absolute Gasteiger partial charge is 0.254 e. The van der Waals surface area contributed by atoms with Gasteiger partial charge in [-0.1, -0.05) is 29.3 Å². The van der Waals surface area contributed by atoms with Crippen molar-refractivity contribution in [2.75, 3.05) is 44.9 Å².